The van der Waals surface area contributed by atoms with E-state index >= 15 is 0 Å². The molecule has 1 fully saturated rings. The van der Waals surface area contributed by atoms with Crippen molar-refractivity contribution in [2.24, 2.45) is 0 Å². The number of hydrogen-bond donors (Lipinski definition) is 0. The summed E-state index contributed by atoms with van der Waals surface area (Å²) in [6, 6.07) is 14.7. The summed E-state index contributed by atoms with van der Waals surface area (Å²) >= 11 is 12.3. The summed E-state index contributed by atoms with van der Waals surface area (Å²) in [5, 5.41) is 0.310. The van der Waals surface area contributed by atoms with E-state index in [9.17, 15) is 9.59 Å². The van der Waals surface area contributed by atoms with Crippen LogP contribution in [0.25, 0.3) is 6.08 Å². The average molecular weight is 573 g/mol. The summed E-state index contributed by atoms with van der Waals surface area (Å²) in [6.07, 6.45) is 6.84. The number of terminal acetylenes is 1. The van der Waals surface area contributed by atoms with Crippen LogP contribution in [0, 0.1) is 40.0 Å². The van der Waals surface area contributed by atoms with E-state index in [1.54, 1.807) is 12.1 Å². The van der Waals surface area contributed by atoms with Crippen LogP contribution in [0.2, 0.25) is 5.02 Å². The van der Waals surface area contributed by atoms with Gasteiger partial charge in [-0.3, -0.25) is 19.4 Å². The Kier molecular flexibility index (Phi) is 8.63. The molecule has 8 heteroatoms. The van der Waals surface area contributed by atoms with Gasteiger partial charge in [-0.05, 0) is 117 Å². The number of halogens is 1. The summed E-state index contributed by atoms with van der Waals surface area (Å²) in [5.74, 6) is 1.96. The molecule has 0 spiro atoms. The molecule has 4 rings (SSSR count). The highest BCUT2D eigenvalue weighted by molar-refractivity contribution is 7.81. The molecule has 1 aliphatic rings. The zero-order valence-corrected chi connectivity index (χ0v) is 24.6. The fourth-order valence-electron chi connectivity index (χ4n) is 4.70. The van der Waals surface area contributed by atoms with Crippen LogP contribution >= 0.6 is 23.8 Å². The maximum atomic E-state index is 14.0. The highest BCUT2D eigenvalue weighted by Crippen LogP contribution is 2.38. The minimum atomic E-state index is -0.539. The largest absolute Gasteiger partial charge is 0.490 e. The number of carbonyl (C=O) groups is 2. The molecule has 6 nitrogen and oxygen atoms in total. The highest BCUT2D eigenvalue weighted by Gasteiger charge is 2.41. The minimum Gasteiger partial charge on any atom is -0.490 e. The number of hydrogen-bond acceptors (Lipinski definition) is 5. The second-order valence-corrected chi connectivity index (χ2v) is 10.3. The lowest BCUT2D eigenvalue weighted by Crippen LogP contribution is -2.57. The van der Waals surface area contributed by atoms with Gasteiger partial charge in [-0.2, -0.15) is 0 Å². The monoisotopic (exact) mass is 572 g/mol. The second kappa shape index (κ2) is 12.0. The molecule has 0 atom stereocenters. The van der Waals surface area contributed by atoms with Gasteiger partial charge in [0.25, 0.3) is 11.8 Å². The Hall–Kier alpha value is -4.12. The lowest BCUT2D eigenvalue weighted by Gasteiger charge is -2.37. The molecule has 0 bridgehead atoms. The van der Waals surface area contributed by atoms with E-state index in [0.717, 1.165) is 22.3 Å². The molecular formula is C32H29ClN2O4S. The first-order chi connectivity index (χ1) is 19.0. The summed E-state index contributed by atoms with van der Waals surface area (Å²) in [7, 11) is 0. The maximum absolute atomic E-state index is 14.0. The normalized spacial score (nSPS) is 13.4. The SMILES string of the molecule is C#CCOc1c(Cl)cc(C=C2C(=O)N(c3cc(C)cc(C)c3)C(=S)N(c3cc(C)cc(C)c3)C2=O)cc1OCC. The predicted molar refractivity (Wildman–Crippen MR) is 164 cm³/mol. The number of amides is 2. The van der Waals surface area contributed by atoms with E-state index in [0.29, 0.717) is 35.0 Å². The van der Waals surface area contributed by atoms with Crippen LogP contribution in [0.1, 0.15) is 34.7 Å². The van der Waals surface area contributed by atoms with E-state index in [1.165, 1.54) is 15.9 Å². The molecule has 2 amide bonds. The van der Waals surface area contributed by atoms with Gasteiger partial charge >= 0.3 is 0 Å². The van der Waals surface area contributed by atoms with Gasteiger partial charge in [0, 0.05) is 0 Å². The van der Waals surface area contributed by atoms with Crippen molar-refractivity contribution >= 4 is 58.2 Å². The quantitative estimate of drug-likeness (QED) is 0.136. The van der Waals surface area contributed by atoms with Crippen LogP contribution in [0.4, 0.5) is 11.4 Å². The number of nitrogens with zero attached hydrogens (tertiary/aromatic N) is 2. The third-order valence-electron chi connectivity index (χ3n) is 6.12. The van der Waals surface area contributed by atoms with Crippen LogP contribution in [0.3, 0.4) is 0 Å². The molecule has 40 heavy (non-hydrogen) atoms. The Labute approximate surface area is 245 Å². The number of rotatable bonds is 7. The number of aryl methyl sites for hydroxylation is 4. The van der Waals surface area contributed by atoms with E-state index < -0.39 is 11.8 Å². The molecule has 0 saturated carbocycles. The number of anilines is 2. The lowest BCUT2D eigenvalue weighted by atomic mass is 10.0. The maximum Gasteiger partial charge on any atom is 0.270 e. The number of thiocarbonyl (C=S) groups is 1. The van der Waals surface area contributed by atoms with Crippen molar-refractivity contribution in [1.29, 1.82) is 0 Å². The Morgan fingerprint density at radius 3 is 1.80 bits per heavy atom. The zero-order valence-electron chi connectivity index (χ0n) is 23.0. The Morgan fingerprint density at radius 1 is 0.850 bits per heavy atom. The van der Waals surface area contributed by atoms with Crippen molar-refractivity contribution in [3.05, 3.63) is 86.9 Å². The fourth-order valence-corrected chi connectivity index (χ4v) is 5.35. The molecule has 1 saturated heterocycles. The smallest absolute Gasteiger partial charge is 0.270 e. The van der Waals surface area contributed by atoms with Crippen LogP contribution < -0.4 is 19.3 Å². The molecule has 1 heterocycles. The summed E-state index contributed by atoms with van der Waals surface area (Å²) < 4.78 is 11.3. The van der Waals surface area contributed by atoms with Crippen molar-refractivity contribution in [2.75, 3.05) is 23.0 Å². The molecule has 204 valence electrons. The van der Waals surface area contributed by atoms with Crippen molar-refractivity contribution in [3.63, 3.8) is 0 Å². The van der Waals surface area contributed by atoms with Gasteiger partial charge < -0.3 is 9.47 Å². The van der Waals surface area contributed by atoms with Crippen molar-refractivity contribution in [3.8, 4) is 23.8 Å². The first-order valence-electron chi connectivity index (χ1n) is 12.7. The summed E-state index contributed by atoms with van der Waals surface area (Å²) in [4.78, 5) is 30.8. The molecule has 0 aliphatic carbocycles. The molecular weight excluding hydrogens is 544 g/mol. The highest BCUT2D eigenvalue weighted by atomic mass is 35.5. The minimum absolute atomic E-state index is 0.00435. The first-order valence-corrected chi connectivity index (χ1v) is 13.5. The molecule has 0 aromatic heterocycles. The number of carbonyl (C=O) groups excluding carboxylic acids is 2. The van der Waals surface area contributed by atoms with Gasteiger partial charge in [0.2, 0.25) is 0 Å². The molecule has 0 radical (unpaired) electrons. The Balaban J connectivity index is 1.91. The van der Waals surface area contributed by atoms with Crippen molar-refractivity contribution < 1.29 is 19.1 Å². The van der Waals surface area contributed by atoms with Crippen molar-refractivity contribution in [1.82, 2.24) is 0 Å². The zero-order chi connectivity index (χ0) is 29.1. The van der Waals surface area contributed by atoms with Crippen LogP contribution in [0.15, 0.2) is 54.1 Å². The number of benzene rings is 3. The summed E-state index contributed by atoms with van der Waals surface area (Å²) in [5.41, 5.74) is 5.39. The summed E-state index contributed by atoms with van der Waals surface area (Å²) in [6.45, 7) is 9.94. The van der Waals surface area contributed by atoms with Gasteiger partial charge in [0.15, 0.2) is 16.6 Å². The van der Waals surface area contributed by atoms with Gasteiger partial charge in [-0.15, -0.1) is 6.42 Å². The topological polar surface area (TPSA) is 59.1 Å². The van der Waals surface area contributed by atoms with E-state index in [2.05, 4.69) is 5.92 Å². The van der Waals surface area contributed by atoms with Gasteiger partial charge in [-0.25, -0.2) is 0 Å². The fraction of sp³-hybridized carbons (Fsp3) is 0.219. The average Bonchev–Trinajstić information content (AvgIpc) is 2.85. The molecule has 3 aromatic carbocycles. The number of ether oxygens (including phenoxy) is 2. The first kappa shape index (κ1) is 28.9. The van der Waals surface area contributed by atoms with E-state index in [1.807, 2.05) is 71.0 Å². The molecule has 0 N–H and O–H groups in total. The molecule has 0 unspecified atom stereocenters. The lowest BCUT2D eigenvalue weighted by molar-refractivity contribution is -0.120. The Morgan fingerprint density at radius 2 is 1.35 bits per heavy atom. The van der Waals surface area contributed by atoms with Gasteiger partial charge in [0.05, 0.1) is 23.0 Å². The molecule has 3 aromatic rings. The standard InChI is InChI=1S/C32H29ClN2O4S/c1-7-9-39-29-27(33)17-23(18-28(29)38-8-2)16-26-30(36)34(24-12-19(3)10-20(4)13-24)32(40)35(31(26)37)25-14-21(5)11-22(6)15-25/h1,10-18H,8-9H2,2-6H3. The van der Waals surface area contributed by atoms with Gasteiger partial charge in [-0.1, -0.05) is 29.7 Å². The van der Waals surface area contributed by atoms with Crippen LogP contribution in [-0.4, -0.2) is 30.1 Å². The van der Waals surface area contributed by atoms with E-state index in [-0.39, 0.29) is 22.3 Å². The van der Waals surface area contributed by atoms with Crippen LogP contribution in [0.5, 0.6) is 11.5 Å². The van der Waals surface area contributed by atoms with E-state index in [4.69, 9.17) is 39.7 Å². The van der Waals surface area contributed by atoms with Crippen LogP contribution in [-0.2, 0) is 9.59 Å². The molecule has 1 aliphatic heterocycles. The third-order valence-corrected chi connectivity index (χ3v) is 6.77. The van der Waals surface area contributed by atoms with Gasteiger partial charge in [0.1, 0.15) is 12.2 Å². The van der Waals surface area contributed by atoms with Crippen molar-refractivity contribution in [2.45, 2.75) is 34.6 Å². The third kappa shape index (κ3) is 5.89. The Bertz CT molecular complexity index is 1490. The second-order valence-electron chi connectivity index (χ2n) is 9.57. The predicted octanol–water partition coefficient (Wildman–Crippen LogP) is 6.73.